The standard InChI is InChI=1S/C8H8N4O3/c13-8(14)7-3-5-4-12(11-15)2-1-6(5)9-10-7/h3H,1-2,4H2,(H,13,14). The maximum Gasteiger partial charge on any atom is 0.356 e. The Bertz CT molecular complexity index is 420. The van der Waals surface area contributed by atoms with Crippen molar-refractivity contribution in [3.63, 3.8) is 0 Å². The Balaban J connectivity index is 2.34. The molecule has 2 heterocycles. The predicted octanol–water partition coefficient (Wildman–Crippen LogP) is 0.214. The van der Waals surface area contributed by atoms with Crippen molar-refractivity contribution >= 4 is 5.97 Å². The summed E-state index contributed by atoms with van der Waals surface area (Å²) < 4.78 is 0. The monoisotopic (exact) mass is 208 g/mol. The zero-order valence-electron chi connectivity index (χ0n) is 7.75. The van der Waals surface area contributed by atoms with Crippen LogP contribution in [0.1, 0.15) is 21.7 Å². The van der Waals surface area contributed by atoms with Crippen molar-refractivity contribution in [3.05, 3.63) is 27.9 Å². The fraction of sp³-hybridized carbons (Fsp3) is 0.375. The van der Waals surface area contributed by atoms with Crippen molar-refractivity contribution in [2.24, 2.45) is 5.29 Å². The van der Waals surface area contributed by atoms with Crippen LogP contribution in [0, 0.1) is 4.91 Å². The number of carboxylic acids is 1. The Kier molecular flexibility index (Phi) is 2.28. The van der Waals surface area contributed by atoms with Crippen LogP contribution in [0.5, 0.6) is 0 Å². The first kappa shape index (κ1) is 9.50. The summed E-state index contributed by atoms with van der Waals surface area (Å²) in [6, 6.07) is 1.43. The molecular weight excluding hydrogens is 200 g/mol. The Hall–Kier alpha value is -2.05. The molecule has 0 saturated heterocycles. The third-order valence-corrected chi connectivity index (χ3v) is 2.25. The fourth-order valence-corrected chi connectivity index (χ4v) is 1.49. The molecule has 0 aromatic carbocycles. The highest BCUT2D eigenvalue weighted by Crippen LogP contribution is 2.16. The number of hydrogen-bond donors (Lipinski definition) is 1. The third kappa shape index (κ3) is 1.76. The van der Waals surface area contributed by atoms with Gasteiger partial charge in [0.2, 0.25) is 0 Å². The first-order valence-electron chi connectivity index (χ1n) is 4.37. The Morgan fingerprint density at radius 1 is 1.53 bits per heavy atom. The smallest absolute Gasteiger partial charge is 0.356 e. The van der Waals surface area contributed by atoms with Crippen LogP contribution in [0.25, 0.3) is 0 Å². The number of nitrogens with zero attached hydrogens (tertiary/aromatic N) is 4. The molecule has 0 bridgehead atoms. The zero-order chi connectivity index (χ0) is 10.8. The highest BCUT2D eigenvalue weighted by atomic mass is 16.4. The summed E-state index contributed by atoms with van der Waals surface area (Å²) in [5, 5.41) is 20.2. The molecule has 2 rings (SSSR count). The molecule has 7 heteroatoms. The van der Waals surface area contributed by atoms with Crippen LogP contribution in [0.3, 0.4) is 0 Å². The molecule has 0 amide bonds. The Morgan fingerprint density at radius 2 is 2.33 bits per heavy atom. The molecule has 0 saturated carbocycles. The van der Waals surface area contributed by atoms with Gasteiger partial charge in [0.1, 0.15) is 0 Å². The van der Waals surface area contributed by atoms with E-state index < -0.39 is 5.97 Å². The lowest BCUT2D eigenvalue weighted by atomic mass is 10.1. The van der Waals surface area contributed by atoms with Gasteiger partial charge in [-0.15, -0.1) is 10.0 Å². The van der Waals surface area contributed by atoms with E-state index in [0.29, 0.717) is 25.1 Å². The minimum Gasteiger partial charge on any atom is -0.476 e. The lowest BCUT2D eigenvalue weighted by molar-refractivity contribution is 0.0688. The quantitative estimate of drug-likeness (QED) is 0.698. The molecule has 0 atom stereocenters. The second-order valence-corrected chi connectivity index (χ2v) is 3.23. The van der Waals surface area contributed by atoms with Crippen molar-refractivity contribution in [2.45, 2.75) is 13.0 Å². The first-order chi connectivity index (χ1) is 7.20. The van der Waals surface area contributed by atoms with Gasteiger partial charge in [-0.3, -0.25) is 5.01 Å². The van der Waals surface area contributed by atoms with Gasteiger partial charge in [-0.05, 0) is 11.6 Å². The normalized spacial score (nSPS) is 14.5. The lowest BCUT2D eigenvalue weighted by Gasteiger charge is -2.21. The highest BCUT2D eigenvalue weighted by Gasteiger charge is 2.19. The van der Waals surface area contributed by atoms with Crippen LogP contribution in [-0.4, -0.2) is 32.8 Å². The van der Waals surface area contributed by atoms with E-state index in [2.05, 4.69) is 15.5 Å². The molecule has 1 N–H and O–H groups in total. The van der Waals surface area contributed by atoms with Crippen LogP contribution in [0.15, 0.2) is 11.4 Å². The summed E-state index contributed by atoms with van der Waals surface area (Å²) in [6.45, 7) is 0.798. The van der Waals surface area contributed by atoms with Crippen LogP contribution < -0.4 is 0 Å². The van der Waals surface area contributed by atoms with Crippen molar-refractivity contribution in [1.82, 2.24) is 15.2 Å². The number of hydrogen-bond acceptors (Lipinski definition) is 5. The van der Waals surface area contributed by atoms with E-state index in [9.17, 15) is 9.70 Å². The predicted molar refractivity (Wildman–Crippen MR) is 48.9 cm³/mol. The van der Waals surface area contributed by atoms with Crippen LogP contribution in [0.2, 0.25) is 0 Å². The van der Waals surface area contributed by atoms with E-state index in [0.717, 1.165) is 5.69 Å². The van der Waals surface area contributed by atoms with Gasteiger partial charge in [0.15, 0.2) is 5.69 Å². The second kappa shape index (κ2) is 3.60. The molecule has 0 spiro atoms. The van der Waals surface area contributed by atoms with Gasteiger partial charge in [-0.2, -0.15) is 5.10 Å². The Labute approximate surface area is 84.7 Å². The van der Waals surface area contributed by atoms with E-state index in [1.807, 2.05) is 0 Å². The van der Waals surface area contributed by atoms with Crippen molar-refractivity contribution in [2.75, 3.05) is 6.54 Å². The molecular formula is C8H8N4O3. The average molecular weight is 208 g/mol. The molecule has 0 radical (unpaired) electrons. The molecule has 78 valence electrons. The molecule has 7 nitrogen and oxygen atoms in total. The van der Waals surface area contributed by atoms with Crippen molar-refractivity contribution in [3.8, 4) is 0 Å². The maximum absolute atomic E-state index is 10.6. The summed E-state index contributed by atoms with van der Waals surface area (Å²) in [6.07, 6.45) is 0.563. The number of aromatic nitrogens is 2. The van der Waals surface area contributed by atoms with E-state index in [1.165, 1.54) is 11.1 Å². The number of carboxylic acid groups (broad SMARTS) is 1. The summed E-state index contributed by atoms with van der Waals surface area (Å²) in [7, 11) is 0. The van der Waals surface area contributed by atoms with Gasteiger partial charge in [-0.1, -0.05) is 0 Å². The molecule has 1 aromatic rings. The molecule has 0 aliphatic carbocycles. The summed E-state index contributed by atoms with van der Waals surface area (Å²) in [4.78, 5) is 20.9. The highest BCUT2D eigenvalue weighted by molar-refractivity contribution is 5.85. The van der Waals surface area contributed by atoms with Gasteiger partial charge in [0.05, 0.1) is 17.5 Å². The molecule has 0 fully saturated rings. The first-order valence-corrected chi connectivity index (χ1v) is 4.37. The SMILES string of the molecule is O=NN1CCc2nnc(C(=O)O)cc2C1. The van der Waals surface area contributed by atoms with Gasteiger partial charge < -0.3 is 5.11 Å². The Morgan fingerprint density at radius 3 is 3.00 bits per heavy atom. The van der Waals surface area contributed by atoms with Gasteiger partial charge in [0.25, 0.3) is 0 Å². The molecule has 15 heavy (non-hydrogen) atoms. The summed E-state index contributed by atoms with van der Waals surface area (Å²) in [5.74, 6) is -1.12. The number of aromatic carboxylic acids is 1. The van der Waals surface area contributed by atoms with Crippen LogP contribution in [-0.2, 0) is 13.0 Å². The number of carbonyl (C=O) groups is 1. The van der Waals surface area contributed by atoms with Crippen LogP contribution >= 0.6 is 0 Å². The summed E-state index contributed by atoms with van der Waals surface area (Å²) >= 11 is 0. The largest absolute Gasteiger partial charge is 0.476 e. The van der Waals surface area contributed by atoms with Gasteiger partial charge in [0, 0.05) is 13.0 Å². The van der Waals surface area contributed by atoms with Crippen molar-refractivity contribution in [1.29, 1.82) is 0 Å². The number of fused-ring (bicyclic) bond motifs is 1. The molecule has 1 aromatic heterocycles. The van der Waals surface area contributed by atoms with E-state index in [4.69, 9.17) is 5.11 Å². The van der Waals surface area contributed by atoms with E-state index in [1.54, 1.807) is 0 Å². The van der Waals surface area contributed by atoms with E-state index in [-0.39, 0.29) is 5.69 Å². The van der Waals surface area contributed by atoms with E-state index >= 15 is 0 Å². The molecule has 1 aliphatic rings. The van der Waals surface area contributed by atoms with Gasteiger partial charge >= 0.3 is 5.97 Å². The summed E-state index contributed by atoms with van der Waals surface area (Å²) in [5.41, 5.74) is 1.33. The van der Waals surface area contributed by atoms with Gasteiger partial charge in [-0.25, -0.2) is 4.79 Å². The fourth-order valence-electron chi connectivity index (χ4n) is 1.49. The number of rotatable bonds is 2. The lowest BCUT2D eigenvalue weighted by Crippen LogP contribution is -2.27. The van der Waals surface area contributed by atoms with Crippen LogP contribution in [0.4, 0.5) is 0 Å². The topological polar surface area (TPSA) is 95.8 Å². The second-order valence-electron chi connectivity index (χ2n) is 3.23. The zero-order valence-corrected chi connectivity index (χ0v) is 7.75. The molecule has 1 aliphatic heterocycles. The van der Waals surface area contributed by atoms with Crippen molar-refractivity contribution < 1.29 is 9.90 Å². The number of nitroso groups, excluding NO2 is 1. The minimum atomic E-state index is -1.12. The molecule has 0 unspecified atom stereocenters. The minimum absolute atomic E-state index is 0.110. The third-order valence-electron chi connectivity index (χ3n) is 2.25. The average Bonchev–Trinajstić information content (AvgIpc) is 2.27. The maximum atomic E-state index is 10.6.